The summed E-state index contributed by atoms with van der Waals surface area (Å²) in [4.78, 5) is 18.6. The first-order valence-electron chi connectivity index (χ1n) is 3.97. The molecule has 88 valence electrons. The van der Waals surface area contributed by atoms with Gasteiger partial charge in [0.1, 0.15) is 6.33 Å². The van der Waals surface area contributed by atoms with E-state index in [1.165, 1.54) is 12.5 Å². The van der Waals surface area contributed by atoms with Gasteiger partial charge < -0.3 is 4.74 Å². The maximum absolute atomic E-state index is 11.1. The summed E-state index contributed by atoms with van der Waals surface area (Å²) in [7, 11) is -3.64. The molecule has 0 aromatic carbocycles. The minimum atomic E-state index is -3.64. The van der Waals surface area contributed by atoms with Gasteiger partial charge in [-0.25, -0.2) is 27.9 Å². The number of hydrogen-bond acceptors (Lipinski definition) is 6. The predicted octanol–water partition coefficient (Wildman–Crippen LogP) is 0.419. The Morgan fingerprint density at radius 3 is 2.88 bits per heavy atom. The minimum absolute atomic E-state index is 0.0977. The molecule has 1 heterocycles. The molecule has 1 aromatic heterocycles. The molecular formula is C7H8BrN3O4S. The highest BCUT2D eigenvalue weighted by Crippen LogP contribution is 2.16. The van der Waals surface area contributed by atoms with Crippen LogP contribution < -0.4 is 9.46 Å². The molecule has 0 unspecified atom stereocenters. The van der Waals surface area contributed by atoms with Gasteiger partial charge in [0.15, 0.2) is 5.75 Å². The van der Waals surface area contributed by atoms with E-state index in [2.05, 4.69) is 25.9 Å². The van der Waals surface area contributed by atoms with Crippen molar-refractivity contribution in [2.24, 2.45) is 0 Å². The molecule has 0 bridgehead atoms. The second-order valence-corrected chi connectivity index (χ2v) is 5.04. The number of nitrogens with zero attached hydrogens (tertiary/aromatic N) is 2. The Kier molecular flexibility index (Phi) is 4.19. The highest BCUT2D eigenvalue weighted by atomic mass is 79.9. The number of carbonyl (C=O) groups is 1. The van der Waals surface area contributed by atoms with E-state index in [1.807, 2.05) is 0 Å². The van der Waals surface area contributed by atoms with Crippen LogP contribution in [-0.2, 0) is 15.4 Å². The number of aromatic nitrogens is 2. The lowest BCUT2D eigenvalue weighted by Gasteiger charge is -2.06. The van der Waals surface area contributed by atoms with E-state index >= 15 is 0 Å². The van der Waals surface area contributed by atoms with Gasteiger partial charge in [0.25, 0.3) is 0 Å². The zero-order valence-electron chi connectivity index (χ0n) is 8.18. The van der Waals surface area contributed by atoms with Gasteiger partial charge in [-0.1, -0.05) is 15.9 Å². The molecule has 0 saturated heterocycles. The zero-order chi connectivity index (χ0) is 12.2. The summed E-state index contributed by atoms with van der Waals surface area (Å²) in [6.07, 6.45) is 2.31. The lowest BCUT2D eigenvalue weighted by Crippen LogP contribution is -2.32. The van der Waals surface area contributed by atoms with E-state index in [-0.39, 0.29) is 5.75 Å². The molecule has 16 heavy (non-hydrogen) atoms. The van der Waals surface area contributed by atoms with Gasteiger partial charge in [0, 0.05) is 5.33 Å². The number of nitrogens with one attached hydrogen (secondary N) is 1. The van der Waals surface area contributed by atoms with E-state index in [4.69, 9.17) is 4.74 Å². The lowest BCUT2D eigenvalue weighted by atomic mass is 10.4. The zero-order valence-corrected chi connectivity index (χ0v) is 10.6. The molecule has 0 aliphatic heterocycles. The fourth-order valence-electron chi connectivity index (χ4n) is 0.800. The molecule has 7 nitrogen and oxygen atoms in total. The highest BCUT2D eigenvalue weighted by Gasteiger charge is 2.13. The van der Waals surface area contributed by atoms with Crippen molar-refractivity contribution in [2.75, 3.05) is 6.26 Å². The number of sulfonamides is 1. The molecule has 1 aromatic rings. The smallest absolute Gasteiger partial charge is 0.406 e. The summed E-state index contributed by atoms with van der Waals surface area (Å²) >= 11 is 3.14. The van der Waals surface area contributed by atoms with Gasteiger partial charge in [0.05, 0.1) is 18.1 Å². The molecule has 0 radical (unpaired) electrons. The first-order chi connectivity index (χ1) is 7.42. The van der Waals surface area contributed by atoms with Crippen LogP contribution in [0.4, 0.5) is 4.79 Å². The largest absolute Gasteiger partial charge is 0.426 e. The fraction of sp³-hybridized carbons (Fsp3) is 0.286. The van der Waals surface area contributed by atoms with Crippen LogP contribution in [0.15, 0.2) is 12.5 Å². The van der Waals surface area contributed by atoms with Crippen LogP contribution in [0.5, 0.6) is 5.75 Å². The van der Waals surface area contributed by atoms with E-state index in [1.54, 1.807) is 4.72 Å². The van der Waals surface area contributed by atoms with E-state index in [0.29, 0.717) is 11.0 Å². The Balaban J connectivity index is 2.77. The number of alkyl halides is 1. The van der Waals surface area contributed by atoms with E-state index < -0.39 is 16.1 Å². The Morgan fingerprint density at radius 1 is 1.62 bits per heavy atom. The van der Waals surface area contributed by atoms with E-state index in [9.17, 15) is 13.2 Å². The lowest BCUT2D eigenvalue weighted by molar-refractivity contribution is 0.206. The highest BCUT2D eigenvalue weighted by molar-refractivity contribution is 9.08. The number of rotatable bonds is 3. The van der Waals surface area contributed by atoms with Crippen molar-refractivity contribution in [1.29, 1.82) is 0 Å². The van der Waals surface area contributed by atoms with Crippen molar-refractivity contribution >= 4 is 32.0 Å². The van der Waals surface area contributed by atoms with E-state index in [0.717, 1.165) is 6.26 Å². The Hall–Kier alpha value is -1.22. The Labute approximate surface area is 100 Å². The Morgan fingerprint density at radius 2 is 2.31 bits per heavy atom. The third-order valence-corrected chi connectivity index (χ3v) is 2.42. The first kappa shape index (κ1) is 12.8. The molecule has 1 amide bonds. The number of halogens is 1. The van der Waals surface area contributed by atoms with Gasteiger partial charge in [-0.05, 0) is 0 Å². The van der Waals surface area contributed by atoms with Crippen molar-refractivity contribution in [1.82, 2.24) is 14.7 Å². The van der Waals surface area contributed by atoms with Crippen molar-refractivity contribution in [3.63, 3.8) is 0 Å². The Bertz CT molecular complexity index is 490. The van der Waals surface area contributed by atoms with Crippen molar-refractivity contribution in [2.45, 2.75) is 5.33 Å². The molecule has 0 aliphatic carbocycles. The van der Waals surface area contributed by atoms with Crippen molar-refractivity contribution < 1.29 is 17.9 Å². The minimum Gasteiger partial charge on any atom is -0.406 e. The average molecular weight is 310 g/mol. The fourth-order valence-corrected chi connectivity index (χ4v) is 1.57. The second-order valence-electron chi connectivity index (χ2n) is 2.73. The van der Waals surface area contributed by atoms with Gasteiger partial charge in [-0.2, -0.15) is 0 Å². The van der Waals surface area contributed by atoms with Crippen LogP contribution in [0, 0.1) is 0 Å². The topological polar surface area (TPSA) is 98.2 Å². The quantitative estimate of drug-likeness (QED) is 0.812. The van der Waals surface area contributed by atoms with Gasteiger partial charge >= 0.3 is 6.09 Å². The molecule has 0 saturated carbocycles. The van der Waals surface area contributed by atoms with Gasteiger partial charge in [-0.15, -0.1) is 0 Å². The summed E-state index contributed by atoms with van der Waals surface area (Å²) in [5.74, 6) is 0.0977. The number of ether oxygens (including phenoxy) is 1. The molecule has 1 rings (SSSR count). The van der Waals surface area contributed by atoms with Gasteiger partial charge in [0.2, 0.25) is 10.0 Å². The number of carbonyl (C=O) groups excluding carboxylic acids is 1. The third kappa shape index (κ3) is 4.11. The molecule has 1 N–H and O–H groups in total. The summed E-state index contributed by atoms with van der Waals surface area (Å²) in [6.45, 7) is 0. The monoisotopic (exact) mass is 309 g/mol. The van der Waals surface area contributed by atoms with Crippen LogP contribution in [0.1, 0.15) is 5.69 Å². The summed E-state index contributed by atoms with van der Waals surface area (Å²) in [5, 5.41) is 0.358. The second kappa shape index (κ2) is 5.21. The SMILES string of the molecule is CS(=O)(=O)NC(=O)Oc1cncnc1CBr. The summed E-state index contributed by atoms with van der Waals surface area (Å²) < 4.78 is 27.9. The predicted molar refractivity (Wildman–Crippen MR) is 58.7 cm³/mol. The number of hydrogen-bond donors (Lipinski definition) is 1. The van der Waals surface area contributed by atoms with Crippen molar-refractivity contribution in [3.8, 4) is 5.75 Å². The van der Waals surface area contributed by atoms with Crippen molar-refractivity contribution in [3.05, 3.63) is 18.2 Å². The molecule has 9 heteroatoms. The molecular weight excluding hydrogens is 302 g/mol. The van der Waals surface area contributed by atoms with Gasteiger partial charge in [-0.3, -0.25) is 0 Å². The maximum Gasteiger partial charge on any atom is 0.426 e. The standard InChI is InChI=1S/C7H8BrN3O4S/c1-16(13,14)11-7(12)15-6-3-9-4-10-5(6)2-8/h3-4H,2H2,1H3,(H,11,12). The van der Waals surface area contributed by atoms with Crippen LogP contribution in [0.3, 0.4) is 0 Å². The summed E-state index contributed by atoms with van der Waals surface area (Å²) in [5.41, 5.74) is 0.443. The maximum atomic E-state index is 11.1. The van der Waals surface area contributed by atoms with Crippen LogP contribution >= 0.6 is 15.9 Å². The normalized spacial score (nSPS) is 10.9. The molecule has 0 aliphatic rings. The molecule has 0 atom stereocenters. The van der Waals surface area contributed by atoms with Crippen LogP contribution in [0.25, 0.3) is 0 Å². The summed E-state index contributed by atoms with van der Waals surface area (Å²) in [6, 6.07) is 0. The van der Waals surface area contributed by atoms with Crippen LogP contribution in [0.2, 0.25) is 0 Å². The average Bonchev–Trinajstić information content (AvgIpc) is 2.15. The first-order valence-corrected chi connectivity index (χ1v) is 6.98. The number of amides is 1. The molecule has 0 spiro atoms. The third-order valence-electron chi connectivity index (χ3n) is 1.35. The molecule has 0 fully saturated rings. The van der Waals surface area contributed by atoms with Crippen LogP contribution in [-0.4, -0.2) is 30.7 Å².